The van der Waals surface area contributed by atoms with E-state index in [0.29, 0.717) is 0 Å². The minimum Gasteiger partial charge on any atom is -0.267 e. The molecule has 0 unspecified atom stereocenters. The van der Waals surface area contributed by atoms with Gasteiger partial charge in [0.25, 0.3) is 0 Å². The Morgan fingerprint density at radius 1 is 1.00 bits per heavy atom. The molecule has 5 heteroatoms. The Kier molecular flexibility index (Phi) is 5.84. The van der Waals surface area contributed by atoms with Crippen LogP contribution in [0.1, 0.15) is 61.6 Å². The number of fused-ring (bicyclic) bond motifs is 1. The monoisotopic (exact) mass is 356 g/mol. The summed E-state index contributed by atoms with van der Waals surface area (Å²) in [6, 6.07) is 0. The molecular formula is C20H28N4S. The molecule has 0 N–H and O–H groups in total. The zero-order valence-corrected chi connectivity index (χ0v) is 16.6. The van der Waals surface area contributed by atoms with Gasteiger partial charge in [-0.25, -0.2) is 9.97 Å². The SMILES string of the molecule is CCCCCCCCc1nn(C)c2c(C)sc(-c3ncc(C)cn3)c12. The lowest BCUT2D eigenvalue weighted by Gasteiger charge is -2.01. The van der Waals surface area contributed by atoms with Crippen molar-refractivity contribution >= 4 is 22.2 Å². The molecule has 0 aliphatic rings. The van der Waals surface area contributed by atoms with Gasteiger partial charge in [-0.15, -0.1) is 11.3 Å². The highest BCUT2D eigenvalue weighted by molar-refractivity contribution is 7.17. The van der Waals surface area contributed by atoms with E-state index in [1.807, 2.05) is 31.0 Å². The number of unbranched alkanes of at least 4 members (excludes halogenated alkanes) is 5. The molecular weight excluding hydrogens is 328 g/mol. The highest BCUT2D eigenvalue weighted by Crippen LogP contribution is 2.39. The van der Waals surface area contributed by atoms with Crippen LogP contribution in [0.25, 0.3) is 21.6 Å². The van der Waals surface area contributed by atoms with Crippen molar-refractivity contribution in [2.45, 2.75) is 65.7 Å². The smallest absolute Gasteiger partial charge is 0.170 e. The van der Waals surface area contributed by atoms with Crippen molar-refractivity contribution in [1.82, 2.24) is 19.7 Å². The van der Waals surface area contributed by atoms with Crippen LogP contribution in [0, 0.1) is 13.8 Å². The Hall–Kier alpha value is -1.75. The Bertz CT molecular complexity index is 830. The third-order valence-electron chi connectivity index (χ3n) is 4.69. The molecule has 3 aromatic rings. The van der Waals surface area contributed by atoms with Crippen molar-refractivity contribution in [2.75, 3.05) is 0 Å². The van der Waals surface area contributed by atoms with Gasteiger partial charge in [-0.1, -0.05) is 39.0 Å². The van der Waals surface area contributed by atoms with E-state index in [-0.39, 0.29) is 0 Å². The van der Waals surface area contributed by atoms with Crippen molar-refractivity contribution in [2.24, 2.45) is 7.05 Å². The molecule has 0 aliphatic heterocycles. The number of nitrogens with zero attached hydrogens (tertiary/aromatic N) is 4. The second-order valence-electron chi connectivity index (χ2n) is 6.88. The highest BCUT2D eigenvalue weighted by Gasteiger charge is 2.20. The highest BCUT2D eigenvalue weighted by atomic mass is 32.1. The molecule has 0 saturated carbocycles. The lowest BCUT2D eigenvalue weighted by Crippen LogP contribution is -1.94. The summed E-state index contributed by atoms with van der Waals surface area (Å²) in [5.74, 6) is 0.825. The van der Waals surface area contributed by atoms with E-state index < -0.39 is 0 Å². The summed E-state index contributed by atoms with van der Waals surface area (Å²) in [7, 11) is 2.05. The van der Waals surface area contributed by atoms with Crippen LogP contribution in [0.4, 0.5) is 0 Å². The minimum atomic E-state index is 0.825. The molecule has 0 spiro atoms. The summed E-state index contributed by atoms with van der Waals surface area (Å²) in [6.07, 6.45) is 12.7. The van der Waals surface area contributed by atoms with Gasteiger partial charge in [-0.2, -0.15) is 5.10 Å². The van der Waals surface area contributed by atoms with Crippen LogP contribution in [-0.4, -0.2) is 19.7 Å². The first-order valence-electron chi connectivity index (χ1n) is 9.35. The van der Waals surface area contributed by atoms with Gasteiger partial charge < -0.3 is 0 Å². The molecule has 3 heterocycles. The van der Waals surface area contributed by atoms with Gasteiger partial charge in [0.2, 0.25) is 0 Å². The average molecular weight is 357 g/mol. The van der Waals surface area contributed by atoms with E-state index in [9.17, 15) is 0 Å². The van der Waals surface area contributed by atoms with Crippen LogP contribution in [-0.2, 0) is 13.5 Å². The quantitative estimate of drug-likeness (QED) is 0.493. The number of aryl methyl sites for hydroxylation is 4. The maximum absolute atomic E-state index is 4.82. The molecule has 3 aromatic heterocycles. The maximum atomic E-state index is 4.82. The first-order valence-corrected chi connectivity index (χ1v) is 10.2. The number of thiophene rings is 1. The Balaban J connectivity index is 1.85. The third kappa shape index (κ3) is 3.92. The van der Waals surface area contributed by atoms with Gasteiger partial charge in [-0.05, 0) is 32.3 Å². The molecule has 0 radical (unpaired) electrons. The summed E-state index contributed by atoms with van der Waals surface area (Å²) in [6.45, 7) is 6.45. The summed E-state index contributed by atoms with van der Waals surface area (Å²) in [5, 5.41) is 6.08. The van der Waals surface area contributed by atoms with E-state index in [1.165, 1.54) is 64.9 Å². The molecule has 0 amide bonds. The number of hydrogen-bond acceptors (Lipinski definition) is 4. The first kappa shape index (κ1) is 18.1. The minimum absolute atomic E-state index is 0.825. The van der Waals surface area contributed by atoms with Crippen LogP contribution in [0.5, 0.6) is 0 Å². The lowest BCUT2D eigenvalue weighted by molar-refractivity contribution is 0.602. The predicted octanol–water partition coefficient (Wildman–Crippen LogP) is 5.61. The number of aromatic nitrogens is 4. The Morgan fingerprint density at radius 2 is 1.68 bits per heavy atom. The third-order valence-corrected chi connectivity index (χ3v) is 5.78. The van der Waals surface area contributed by atoms with Gasteiger partial charge in [-0.3, -0.25) is 4.68 Å². The van der Waals surface area contributed by atoms with Gasteiger partial charge >= 0.3 is 0 Å². The van der Waals surface area contributed by atoms with Crippen LogP contribution in [0.3, 0.4) is 0 Å². The standard InChI is InChI=1S/C20H28N4S/c1-5-6-7-8-9-10-11-16-17-18(24(4)23-16)15(3)25-19(17)20-21-12-14(2)13-22-20/h12-13H,5-11H2,1-4H3. The van der Waals surface area contributed by atoms with E-state index in [1.54, 1.807) is 11.3 Å². The van der Waals surface area contributed by atoms with Crippen molar-refractivity contribution in [3.8, 4) is 10.7 Å². The fourth-order valence-electron chi connectivity index (χ4n) is 3.39. The van der Waals surface area contributed by atoms with Crippen LogP contribution >= 0.6 is 11.3 Å². The van der Waals surface area contributed by atoms with E-state index >= 15 is 0 Å². The first-order chi connectivity index (χ1) is 12.1. The average Bonchev–Trinajstić information content (AvgIpc) is 3.11. The molecule has 0 fully saturated rings. The van der Waals surface area contributed by atoms with Crippen molar-refractivity contribution in [3.05, 3.63) is 28.5 Å². The summed E-state index contributed by atoms with van der Waals surface area (Å²) in [4.78, 5) is 11.6. The molecule has 3 rings (SSSR count). The normalized spacial score (nSPS) is 11.5. The van der Waals surface area contributed by atoms with E-state index in [0.717, 1.165) is 17.8 Å². The molecule has 0 aliphatic carbocycles. The van der Waals surface area contributed by atoms with Crippen molar-refractivity contribution < 1.29 is 0 Å². The topological polar surface area (TPSA) is 43.6 Å². The molecule has 4 nitrogen and oxygen atoms in total. The van der Waals surface area contributed by atoms with E-state index in [4.69, 9.17) is 5.10 Å². The molecule has 0 atom stereocenters. The second-order valence-corrected chi connectivity index (χ2v) is 8.11. The predicted molar refractivity (Wildman–Crippen MR) is 106 cm³/mol. The van der Waals surface area contributed by atoms with E-state index in [2.05, 4.69) is 23.8 Å². The van der Waals surface area contributed by atoms with Gasteiger partial charge in [0.1, 0.15) is 0 Å². The van der Waals surface area contributed by atoms with Crippen LogP contribution in [0.15, 0.2) is 12.4 Å². The summed E-state index contributed by atoms with van der Waals surface area (Å²) in [5.41, 5.74) is 3.54. The summed E-state index contributed by atoms with van der Waals surface area (Å²) < 4.78 is 2.03. The molecule has 0 aromatic carbocycles. The maximum Gasteiger partial charge on any atom is 0.170 e. The molecule has 25 heavy (non-hydrogen) atoms. The molecule has 134 valence electrons. The van der Waals surface area contributed by atoms with Crippen LogP contribution in [0.2, 0.25) is 0 Å². The fourth-order valence-corrected chi connectivity index (χ4v) is 4.54. The fraction of sp³-hybridized carbons (Fsp3) is 0.550. The zero-order chi connectivity index (χ0) is 17.8. The lowest BCUT2D eigenvalue weighted by atomic mass is 10.1. The van der Waals surface area contributed by atoms with Gasteiger partial charge in [0.15, 0.2) is 5.82 Å². The zero-order valence-electron chi connectivity index (χ0n) is 15.8. The Labute approximate surface area is 154 Å². The molecule has 0 saturated heterocycles. The van der Waals surface area contributed by atoms with Crippen molar-refractivity contribution in [3.63, 3.8) is 0 Å². The van der Waals surface area contributed by atoms with Gasteiger partial charge in [0, 0.05) is 29.7 Å². The molecule has 0 bridgehead atoms. The summed E-state index contributed by atoms with van der Waals surface area (Å²) >= 11 is 1.79. The largest absolute Gasteiger partial charge is 0.267 e. The van der Waals surface area contributed by atoms with Crippen molar-refractivity contribution in [1.29, 1.82) is 0 Å². The Morgan fingerprint density at radius 3 is 2.40 bits per heavy atom. The van der Waals surface area contributed by atoms with Crippen LogP contribution < -0.4 is 0 Å². The number of rotatable bonds is 8. The second kappa shape index (κ2) is 8.09. The number of hydrogen-bond donors (Lipinski definition) is 0. The van der Waals surface area contributed by atoms with Gasteiger partial charge in [0.05, 0.1) is 16.1 Å².